The standard InChI is InChI=1S/C42H49N7O6/c1-22(2)35(47-40(51)53-7)39(50)49-23(3)10-15-33(49)37-43-20-31(45-37)25-11-13-27-26(17-25)21-54-34-19-28-24(18-29(27)34)12-14-30-36(28)46-38(44-30)32-9-8-16-48(32)41(52)55-42(4,5)6/h11-14,17-20,22-23,32-33,35H,8-10,15-16,21H2,1-7H3,(H,43,45)(H,44,46)(H,47,51)/t23-,32?,33-,35-/m0/s1. The van der Waals surface area contributed by atoms with E-state index in [-0.39, 0.29) is 36.0 Å². The summed E-state index contributed by atoms with van der Waals surface area (Å²) in [4.78, 5) is 59.3. The molecule has 5 heterocycles. The fraction of sp³-hybridized carbons (Fsp3) is 0.452. The zero-order valence-corrected chi connectivity index (χ0v) is 32.5. The molecule has 0 radical (unpaired) electrons. The molecule has 0 spiro atoms. The molecule has 8 rings (SSSR count). The molecule has 3 aromatic carbocycles. The van der Waals surface area contributed by atoms with Crippen molar-refractivity contribution in [3.05, 3.63) is 65.9 Å². The molecule has 0 saturated carbocycles. The molecular formula is C42H49N7O6. The van der Waals surface area contributed by atoms with Crippen LogP contribution < -0.4 is 10.1 Å². The summed E-state index contributed by atoms with van der Waals surface area (Å²) in [6.07, 6.45) is 4.19. The third kappa shape index (κ3) is 6.74. The number of rotatable bonds is 6. The van der Waals surface area contributed by atoms with Gasteiger partial charge in [0.1, 0.15) is 35.6 Å². The first-order valence-corrected chi connectivity index (χ1v) is 19.2. The fourth-order valence-electron chi connectivity index (χ4n) is 8.36. The number of aromatic amines is 2. The van der Waals surface area contributed by atoms with Crippen LogP contribution in [-0.4, -0.2) is 79.2 Å². The van der Waals surface area contributed by atoms with Crippen LogP contribution in [0.1, 0.15) is 96.5 Å². The number of fused-ring (bicyclic) bond motifs is 6. The topological polar surface area (TPSA) is 155 Å². The second-order valence-corrected chi connectivity index (χ2v) is 16.4. The number of nitrogens with zero attached hydrogens (tertiary/aromatic N) is 4. The molecule has 0 bridgehead atoms. The van der Waals surface area contributed by atoms with Crippen LogP contribution in [0.2, 0.25) is 0 Å². The van der Waals surface area contributed by atoms with Crippen molar-refractivity contribution in [2.75, 3.05) is 13.7 Å². The van der Waals surface area contributed by atoms with Crippen LogP contribution in [0, 0.1) is 5.92 Å². The highest BCUT2D eigenvalue weighted by atomic mass is 16.6. The van der Waals surface area contributed by atoms with Crippen molar-refractivity contribution in [3.8, 4) is 28.1 Å². The summed E-state index contributed by atoms with van der Waals surface area (Å²) in [7, 11) is 1.30. The third-order valence-electron chi connectivity index (χ3n) is 11.1. The molecule has 288 valence electrons. The first-order chi connectivity index (χ1) is 26.3. The Labute approximate surface area is 320 Å². The van der Waals surface area contributed by atoms with Gasteiger partial charge in [-0.2, -0.15) is 0 Å². The molecule has 3 aliphatic heterocycles. The van der Waals surface area contributed by atoms with Crippen LogP contribution in [0.4, 0.5) is 9.59 Å². The van der Waals surface area contributed by atoms with Gasteiger partial charge in [0.05, 0.1) is 42.1 Å². The Morgan fingerprint density at radius 3 is 2.56 bits per heavy atom. The number of imidazole rings is 2. The largest absolute Gasteiger partial charge is 0.488 e. The number of ether oxygens (including phenoxy) is 3. The average molecular weight is 748 g/mol. The summed E-state index contributed by atoms with van der Waals surface area (Å²) < 4.78 is 16.9. The van der Waals surface area contributed by atoms with Gasteiger partial charge in [0, 0.05) is 23.5 Å². The quantitative estimate of drug-likeness (QED) is 0.157. The van der Waals surface area contributed by atoms with Crippen molar-refractivity contribution < 1.29 is 28.6 Å². The number of alkyl carbamates (subject to hydrolysis) is 1. The van der Waals surface area contributed by atoms with E-state index in [1.54, 1.807) is 4.90 Å². The Kier molecular flexibility index (Phi) is 9.21. The van der Waals surface area contributed by atoms with Gasteiger partial charge in [-0.1, -0.05) is 32.0 Å². The molecular weight excluding hydrogens is 699 g/mol. The number of amides is 3. The van der Waals surface area contributed by atoms with Gasteiger partial charge < -0.3 is 34.4 Å². The summed E-state index contributed by atoms with van der Waals surface area (Å²) >= 11 is 0. The van der Waals surface area contributed by atoms with Crippen LogP contribution >= 0.6 is 0 Å². The lowest BCUT2D eigenvalue weighted by molar-refractivity contribution is -0.137. The lowest BCUT2D eigenvalue weighted by Gasteiger charge is -2.32. The Morgan fingerprint density at radius 1 is 0.982 bits per heavy atom. The van der Waals surface area contributed by atoms with Gasteiger partial charge in [0.15, 0.2) is 0 Å². The normalized spacial score (nSPS) is 20.0. The van der Waals surface area contributed by atoms with Gasteiger partial charge in [-0.25, -0.2) is 19.6 Å². The molecule has 3 aliphatic rings. The molecule has 4 atom stereocenters. The van der Waals surface area contributed by atoms with Gasteiger partial charge in [0.2, 0.25) is 5.91 Å². The number of hydrogen-bond acceptors (Lipinski definition) is 8. The zero-order chi connectivity index (χ0) is 38.8. The first kappa shape index (κ1) is 36.4. The summed E-state index contributed by atoms with van der Waals surface area (Å²) in [5, 5.41) is 4.79. The van der Waals surface area contributed by atoms with Gasteiger partial charge in [0.25, 0.3) is 0 Å². The van der Waals surface area contributed by atoms with E-state index in [4.69, 9.17) is 24.2 Å². The summed E-state index contributed by atoms with van der Waals surface area (Å²) in [5.41, 5.74) is 6.21. The van der Waals surface area contributed by atoms with Gasteiger partial charge in [-0.15, -0.1) is 0 Å². The molecule has 2 fully saturated rings. The maximum atomic E-state index is 13.8. The maximum Gasteiger partial charge on any atom is 0.410 e. The number of methoxy groups -OCH3 is 1. The molecule has 3 amide bonds. The number of nitrogens with one attached hydrogen (secondary N) is 3. The third-order valence-corrected chi connectivity index (χ3v) is 11.1. The number of benzene rings is 3. The molecule has 13 heteroatoms. The second kappa shape index (κ2) is 13.9. The lowest BCUT2D eigenvalue weighted by Crippen LogP contribution is -2.52. The molecule has 0 aliphatic carbocycles. The molecule has 1 unspecified atom stereocenters. The van der Waals surface area contributed by atoms with Crippen LogP contribution in [0.15, 0.2) is 48.7 Å². The summed E-state index contributed by atoms with van der Waals surface area (Å²) in [6, 6.07) is 13.6. The molecule has 13 nitrogen and oxygen atoms in total. The fourth-order valence-corrected chi connectivity index (χ4v) is 8.36. The minimum atomic E-state index is -0.706. The molecule has 2 saturated heterocycles. The predicted octanol–water partition coefficient (Wildman–Crippen LogP) is 8.17. The van der Waals surface area contributed by atoms with Crippen molar-refractivity contribution in [2.24, 2.45) is 5.92 Å². The van der Waals surface area contributed by atoms with E-state index in [1.807, 2.05) is 58.7 Å². The highest BCUT2D eigenvalue weighted by molar-refractivity contribution is 6.07. The number of carbonyl (C=O) groups is 3. The van der Waals surface area contributed by atoms with E-state index < -0.39 is 17.7 Å². The van der Waals surface area contributed by atoms with E-state index in [2.05, 4.69) is 51.7 Å². The highest BCUT2D eigenvalue weighted by Crippen LogP contribution is 2.44. The zero-order valence-electron chi connectivity index (χ0n) is 32.5. The predicted molar refractivity (Wildman–Crippen MR) is 208 cm³/mol. The van der Waals surface area contributed by atoms with Crippen LogP contribution in [0.3, 0.4) is 0 Å². The number of likely N-dealkylation sites (tertiary alicyclic amines) is 2. The minimum absolute atomic E-state index is 0.00275. The van der Waals surface area contributed by atoms with E-state index in [0.29, 0.717) is 13.2 Å². The van der Waals surface area contributed by atoms with Crippen molar-refractivity contribution in [1.29, 1.82) is 0 Å². The van der Waals surface area contributed by atoms with Gasteiger partial charge in [-0.3, -0.25) is 9.69 Å². The van der Waals surface area contributed by atoms with Gasteiger partial charge >= 0.3 is 12.2 Å². The van der Waals surface area contributed by atoms with E-state index >= 15 is 0 Å². The van der Waals surface area contributed by atoms with E-state index in [1.165, 1.54) is 7.11 Å². The molecule has 2 aromatic heterocycles. The van der Waals surface area contributed by atoms with E-state index in [0.717, 1.165) is 92.8 Å². The highest BCUT2D eigenvalue weighted by Gasteiger charge is 2.41. The van der Waals surface area contributed by atoms with Crippen molar-refractivity contribution in [2.45, 2.75) is 104 Å². The Hall–Kier alpha value is -5.59. The Balaban J connectivity index is 1.05. The lowest BCUT2D eigenvalue weighted by atomic mass is 9.92. The molecule has 3 N–H and O–H groups in total. The first-order valence-electron chi connectivity index (χ1n) is 19.2. The number of carbonyl (C=O) groups excluding carboxylic acids is 3. The number of aromatic nitrogens is 4. The average Bonchev–Trinajstić information content (AvgIpc) is 3.97. The monoisotopic (exact) mass is 747 g/mol. The number of H-pyrrole nitrogens is 2. The maximum absolute atomic E-state index is 13.8. The Bertz CT molecular complexity index is 2300. The van der Waals surface area contributed by atoms with Crippen LogP contribution in [0.5, 0.6) is 5.75 Å². The van der Waals surface area contributed by atoms with E-state index in [9.17, 15) is 14.4 Å². The van der Waals surface area contributed by atoms with Crippen molar-refractivity contribution >= 4 is 39.9 Å². The second-order valence-electron chi connectivity index (χ2n) is 16.4. The smallest absolute Gasteiger partial charge is 0.410 e. The van der Waals surface area contributed by atoms with Crippen molar-refractivity contribution in [3.63, 3.8) is 0 Å². The van der Waals surface area contributed by atoms with Crippen LogP contribution in [0.25, 0.3) is 44.2 Å². The number of hydrogen-bond donors (Lipinski definition) is 3. The summed E-state index contributed by atoms with van der Waals surface area (Å²) in [5.74, 6) is 2.03. The minimum Gasteiger partial charge on any atom is -0.488 e. The van der Waals surface area contributed by atoms with Gasteiger partial charge in [-0.05, 0) is 106 Å². The SMILES string of the molecule is COC(=O)N[C@H](C(=O)N1[C@@H](C)CC[C@H]1c1ncc(-c2ccc3c(c2)COc2cc4c(ccc5nc(C6CCCN6C(=O)OC(C)(C)C)[nH]c54)cc2-3)[nH]1)C(C)C. The summed E-state index contributed by atoms with van der Waals surface area (Å²) in [6.45, 7) is 12.5. The van der Waals surface area contributed by atoms with Crippen LogP contribution in [-0.2, 0) is 20.9 Å². The van der Waals surface area contributed by atoms with Crippen molar-refractivity contribution in [1.82, 2.24) is 35.1 Å². The molecule has 55 heavy (non-hydrogen) atoms. The Morgan fingerprint density at radius 2 is 1.80 bits per heavy atom. The molecule has 5 aromatic rings.